The third-order valence-corrected chi connectivity index (χ3v) is 10.1. The first-order chi connectivity index (χ1) is 23.7. The molecule has 228 valence electrons. The van der Waals surface area contributed by atoms with E-state index in [2.05, 4.69) is 103 Å². The van der Waals surface area contributed by atoms with Crippen LogP contribution in [-0.2, 0) is 6.54 Å². The molecule has 2 N–H and O–H groups in total. The van der Waals surface area contributed by atoms with Crippen LogP contribution < -0.4 is 5.73 Å². The number of hydrogen-bond acceptors (Lipinski definition) is 3. The van der Waals surface area contributed by atoms with Crippen molar-refractivity contribution in [3.05, 3.63) is 168 Å². The summed E-state index contributed by atoms with van der Waals surface area (Å²) in [5.74, 6) is 1.03. The van der Waals surface area contributed by atoms with Gasteiger partial charge in [0.25, 0.3) is 0 Å². The average molecular weight is 636 g/mol. The van der Waals surface area contributed by atoms with Crippen molar-refractivity contribution in [1.82, 2.24) is 0 Å². The molecule has 2 aromatic heterocycles. The molecular weight excluding hydrogens is 607 g/mol. The quantitative estimate of drug-likeness (QED) is 0.151. The van der Waals surface area contributed by atoms with Crippen molar-refractivity contribution >= 4 is 75.9 Å². The first-order valence-corrected chi connectivity index (χ1v) is 16.8. The Hall–Kier alpha value is -6.04. The minimum Gasteiger partial charge on any atom is -0.456 e. The van der Waals surface area contributed by atoms with Crippen LogP contribution in [0.5, 0.6) is 0 Å². The third kappa shape index (κ3) is 4.93. The molecule has 4 nitrogen and oxygen atoms in total. The van der Waals surface area contributed by atoms with Gasteiger partial charge in [-0.1, -0.05) is 115 Å². The number of rotatable bonds is 5. The molecule has 0 fully saturated rings. The van der Waals surface area contributed by atoms with E-state index in [0.717, 1.165) is 49.6 Å². The minimum absolute atomic E-state index is 0.415. The summed E-state index contributed by atoms with van der Waals surface area (Å²) in [7, 11) is 0. The fraction of sp³-hybridized carbons (Fsp3) is 0.0233. The fourth-order valence-corrected chi connectivity index (χ4v) is 7.81. The summed E-state index contributed by atoms with van der Waals surface area (Å²) in [6.07, 6.45) is 0. The highest BCUT2D eigenvalue weighted by atomic mass is 32.1. The largest absolute Gasteiger partial charge is 0.456 e. The Morgan fingerprint density at radius 2 is 1.33 bits per heavy atom. The predicted octanol–water partition coefficient (Wildman–Crippen LogP) is 11.1. The summed E-state index contributed by atoms with van der Waals surface area (Å²) in [6, 6.07) is 52.4. The highest BCUT2D eigenvalue weighted by molar-refractivity contribution is 7.25. The van der Waals surface area contributed by atoms with Gasteiger partial charge >= 0.3 is 0 Å². The first kappa shape index (κ1) is 28.2. The zero-order valence-electron chi connectivity index (χ0n) is 25.9. The van der Waals surface area contributed by atoms with E-state index in [9.17, 15) is 0 Å². The fourth-order valence-electron chi connectivity index (χ4n) is 6.68. The summed E-state index contributed by atoms with van der Waals surface area (Å²) in [5.41, 5.74) is 13.7. The molecule has 2 heterocycles. The van der Waals surface area contributed by atoms with Crippen molar-refractivity contribution in [2.45, 2.75) is 6.54 Å². The molecule has 48 heavy (non-hydrogen) atoms. The summed E-state index contributed by atoms with van der Waals surface area (Å²) in [4.78, 5) is 10.1. The lowest BCUT2D eigenvalue weighted by Crippen LogP contribution is -2.16. The van der Waals surface area contributed by atoms with Crippen LogP contribution in [0.15, 0.2) is 166 Å². The number of aliphatic imine (C=N–C) groups is 2. The number of hydrogen-bond donors (Lipinski definition) is 1. The van der Waals surface area contributed by atoms with Gasteiger partial charge in [-0.3, -0.25) is 4.99 Å². The molecule has 0 amide bonds. The molecule has 0 unspecified atom stereocenters. The van der Waals surface area contributed by atoms with Gasteiger partial charge in [0.1, 0.15) is 17.0 Å². The van der Waals surface area contributed by atoms with Crippen molar-refractivity contribution in [3.63, 3.8) is 0 Å². The number of amidine groups is 2. The lowest BCUT2D eigenvalue weighted by atomic mass is 9.98. The molecule has 0 aliphatic carbocycles. The molecule has 0 aliphatic rings. The molecule has 0 radical (unpaired) electrons. The molecule has 9 rings (SSSR count). The monoisotopic (exact) mass is 635 g/mol. The van der Waals surface area contributed by atoms with Gasteiger partial charge in [0.05, 0.1) is 6.54 Å². The van der Waals surface area contributed by atoms with Crippen LogP contribution >= 0.6 is 11.3 Å². The molecule has 9 aromatic rings. The zero-order chi connectivity index (χ0) is 32.0. The normalized spacial score (nSPS) is 12.6. The Balaban J connectivity index is 1.15. The lowest BCUT2D eigenvalue weighted by molar-refractivity contribution is 0.668. The molecule has 0 bridgehead atoms. The second-order valence-corrected chi connectivity index (χ2v) is 13.0. The number of furan rings is 1. The first-order valence-electron chi connectivity index (χ1n) is 16.0. The van der Waals surface area contributed by atoms with Crippen LogP contribution in [0.3, 0.4) is 0 Å². The minimum atomic E-state index is 0.415. The molecule has 7 aromatic carbocycles. The van der Waals surface area contributed by atoms with Crippen LogP contribution in [0.25, 0.3) is 64.0 Å². The zero-order valence-corrected chi connectivity index (χ0v) is 26.7. The van der Waals surface area contributed by atoms with Crippen LogP contribution in [0.4, 0.5) is 0 Å². The predicted molar refractivity (Wildman–Crippen MR) is 203 cm³/mol. The maximum atomic E-state index is 6.83. The van der Waals surface area contributed by atoms with Crippen molar-refractivity contribution in [2.24, 2.45) is 15.7 Å². The van der Waals surface area contributed by atoms with E-state index in [1.165, 1.54) is 31.1 Å². The lowest BCUT2D eigenvalue weighted by Gasteiger charge is -2.08. The number of nitrogens with two attached hydrogens (primary N) is 1. The highest BCUT2D eigenvalue weighted by Gasteiger charge is 2.15. The highest BCUT2D eigenvalue weighted by Crippen LogP contribution is 2.37. The van der Waals surface area contributed by atoms with Crippen molar-refractivity contribution < 1.29 is 4.42 Å². The SMILES string of the molecule is NC(=NC(=NCc1cccc2oc3ccc(-c4ccc5ccccc5c4)cc3c12)c1ccccc1)c1cccc2sc3ccccc3c12. The van der Waals surface area contributed by atoms with E-state index in [1.807, 2.05) is 48.5 Å². The number of thiophene rings is 1. The van der Waals surface area contributed by atoms with Gasteiger partial charge in [-0.2, -0.15) is 0 Å². The van der Waals surface area contributed by atoms with Crippen LogP contribution in [0, 0.1) is 0 Å². The Morgan fingerprint density at radius 3 is 2.25 bits per heavy atom. The summed E-state index contributed by atoms with van der Waals surface area (Å²) < 4.78 is 8.76. The van der Waals surface area contributed by atoms with E-state index in [1.54, 1.807) is 11.3 Å². The Bertz CT molecular complexity index is 2720. The van der Waals surface area contributed by atoms with Crippen molar-refractivity contribution in [1.29, 1.82) is 0 Å². The summed E-state index contributed by atoms with van der Waals surface area (Å²) >= 11 is 1.77. The molecule has 0 spiro atoms. The van der Waals surface area contributed by atoms with Gasteiger partial charge in [-0.05, 0) is 63.9 Å². The summed E-state index contributed by atoms with van der Waals surface area (Å²) in [6.45, 7) is 0.415. The average Bonchev–Trinajstić information content (AvgIpc) is 3.72. The maximum Gasteiger partial charge on any atom is 0.157 e. The van der Waals surface area contributed by atoms with E-state index in [4.69, 9.17) is 20.1 Å². The Kier molecular flexibility index (Phi) is 6.84. The number of fused-ring (bicyclic) bond motifs is 7. The van der Waals surface area contributed by atoms with E-state index in [0.29, 0.717) is 18.2 Å². The van der Waals surface area contributed by atoms with E-state index < -0.39 is 0 Å². The van der Waals surface area contributed by atoms with Gasteiger partial charge in [0.15, 0.2) is 5.84 Å². The second kappa shape index (κ2) is 11.6. The van der Waals surface area contributed by atoms with Crippen molar-refractivity contribution in [3.8, 4) is 11.1 Å². The smallest absolute Gasteiger partial charge is 0.157 e. The summed E-state index contributed by atoms with van der Waals surface area (Å²) in [5, 5.41) is 6.90. The molecule has 5 heteroatoms. The topological polar surface area (TPSA) is 63.9 Å². The van der Waals surface area contributed by atoms with E-state index >= 15 is 0 Å². The molecular formula is C43H29N3OS. The molecule has 0 saturated heterocycles. The Labute approximate surface area is 281 Å². The Morgan fingerprint density at radius 1 is 0.583 bits per heavy atom. The van der Waals surface area contributed by atoms with Crippen LogP contribution in [-0.4, -0.2) is 11.7 Å². The van der Waals surface area contributed by atoms with Crippen LogP contribution in [0.1, 0.15) is 16.7 Å². The van der Waals surface area contributed by atoms with Gasteiger partial charge in [-0.25, -0.2) is 4.99 Å². The van der Waals surface area contributed by atoms with Gasteiger partial charge in [0, 0.05) is 42.1 Å². The second-order valence-electron chi connectivity index (χ2n) is 11.9. The van der Waals surface area contributed by atoms with Gasteiger partial charge in [0.2, 0.25) is 0 Å². The number of nitrogens with zero attached hydrogens (tertiary/aromatic N) is 2. The van der Waals surface area contributed by atoms with E-state index in [-0.39, 0.29) is 0 Å². The number of benzene rings is 7. The standard InChI is InChI=1S/C43H29N3OS/c44-42(34-16-9-19-39-41(34)33-15-6-7-18-38(33)48-39)46-43(28-11-2-1-3-12-28)45-26-32-14-8-17-37-40(32)35-25-31(22-23-36(35)47-37)30-21-20-27-10-4-5-13-29(27)24-30/h1-25H,26H2,(H2,44,45,46). The molecule has 0 saturated carbocycles. The van der Waals surface area contributed by atoms with Gasteiger partial charge < -0.3 is 10.2 Å². The van der Waals surface area contributed by atoms with Crippen molar-refractivity contribution in [2.75, 3.05) is 0 Å². The van der Waals surface area contributed by atoms with Crippen LogP contribution in [0.2, 0.25) is 0 Å². The van der Waals surface area contributed by atoms with Gasteiger partial charge in [-0.15, -0.1) is 11.3 Å². The molecule has 0 aliphatic heterocycles. The molecule has 0 atom stereocenters. The maximum absolute atomic E-state index is 6.83. The third-order valence-electron chi connectivity index (χ3n) is 9.00.